The molecule has 1 amide bonds. The van der Waals surface area contributed by atoms with Gasteiger partial charge < -0.3 is 20.3 Å². The molecule has 2 atom stereocenters. The van der Waals surface area contributed by atoms with E-state index in [1.807, 2.05) is 0 Å². The highest BCUT2D eigenvalue weighted by molar-refractivity contribution is 5.76. The Bertz CT molecular complexity index is 1340. The summed E-state index contributed by atoms with van der Waals surface area (Å²) in [6, 6.07) is -0.540. The number of nitrogens with one attached hydrogen (secondary N) is 1. The summed E-state index contributed by atoms with van der Waals surface area (Å²) in [7, 11) is 0. The molecule has 3 N–H and O–H groups in total. The highest BCUT2D eigenvalue weighted by atomic mass is 16.5. The van der Waals surface area contributed by atoms with Crippen molar-refractivity contribution in [2.75, 3.05) is 13.2 Å². The number of carbonyl (C=O) groups excluding carboxylic acids is 2. The topological polar surface area (TPSA) is 95.9 Å². The second-order valence-corrected chi connectivity index (χ2v) is 28.5. The van der Waals surface area contributed by atoms with E-state index in [4.69, 9.17) is 4.74 Å². The Kier molecular flexibility index (Phi) is 76.8. The standard InChI is InChI=1S/C82H161NO5/c1-3-5-7-9-11-13-15-17-19-21-23-24-25-33-36-39-42-46-50-54-58-62-66-70-74-80(85)79(78-84)83-81(86)75-71-67-63-59-55-51-47-43-40-37-34-31-29-27-26-28-30-32-35-38-41-45-49-53-57-61-65-69-73-77-88-82(87)76-72-68-64-60-56-52-48-44-22-20-18-16-14-12-10-8-6-4-2/h20,22,79-80,84-85H,3-19,21,23-78H2,1-2H3,(H,83,86)/b22-20-. The number of hydrogen-bond donors (Lipinski definition) is 3. The predicted molar refractivity (Wildman–Crippen MR) is 389 cm³/mol. The van der Waals surface area contributed by atoms with E-state index in [9.17, 15) is 19.8 Å². The second kappa shape index (κ2) is 78.0. The Hall–Kier alpha value is -1.40. The maximum atomic E-state index is 12.6. The van der Waals surface area contributed by atoms with Gasteiger partial charge in [-0.1, -0.05) is 424 Å². The van der Waals surface area contributed by atoms with E-state index < -0.39 is 12.1 Å². The van der Waals surface area contributed by atoms with Gasteiger partial charge in [-0.05, 0) is 51.4 Å². The van der Waals surface area contributed by atoms with Crippen LogP contribution in [-0.4, -0.2) is 47.4 Å². The van der Waals surface area contributed by atoms with Gasteiger partial charge >= 0.3 is 5.97 Å². The van der Waals surface area contributed by atoms with E-state index in [0.717, 1.165) is 44.9 Å². The van der Waals surface area contributed by atoms with Crippen LogP contribution in [0.1, 0.15) is 476 Å². The van der Waals surface area contributed by atoms with Crippen molar-refractivity contribution in [1.29, 1.82) is 0 Å². The summed E-state index contributed by atoms with van der Waals surface area (Å²) in [4.78, 5) is 24.7. The summed E-state index contributed by atoms with van der Waals surface area (Å²) in [6.07, 6.45) is 98.8. The SMILES string of the molecule is CCCCCCCCC/C=C\CCCCCCCCCC(=O)OCCCCCCCCCCCCCCCCCCCCCCCCCCCCCCCC(=O)NC(CO)C(O)CCCCCCCCCCCCCCCCCCCCCCCCCC. The van der Waals surface area contributed by atoms with Crippen LogP contribution in [0, 0.1) is 0 Å². The fourth-order valence-electron chi connectivity index (χ4n) is 13.3. The summed E-state index contributed by atoms with van der Waals surface area (Å²) in [5.74, 6) is -0.00696. The largest absolute Gasteiger partial charge is 0.466 e. The van der Waals surface area contributed by atoms with Crippen molar-refractivity contribution >= 4 is 11.9 Å². The maximum Gasteiger partial charge on any atom is 0.305 e. The van der Waals surface area contributed by atoms with Crippen LogP contribution in [0.3, 0.4) is 0 Å². The van der Waals surface area contributed by atoms with Crippen molar-refractivity contribution in [2.45, 2.75) is 488 Å². The van der Waals surface area contributed by atoms with Gasteiger partial charge in [0.2, 0.25) is 5.91 Å². The Labute approximate surface area is 552 Å². The molecule has 0 aromatic rings. The highest BCUT2D eigenvalue weighted by Gasteiger charge is 2.20. The summed E-state index contributed by atoms with van der Waals surface area (Å²) in [5.41, 5.74) is 0. The van der Waals surface area contributed by atoms with E-state index in [0.29, 0.717) is 25.9 Å². The van der Waals surface area contributed by atoms with Crippen molar-refractivity contribution in [3.8, 4) is 0 Å². The van der Waals surface area contributed by atoms with Crippen LogP contribution >= 0.6 is 0 Å². The number of carbonyl (C=O) groups is 2. The number of allylic oxidation sites excluding steroid dienone is 2. The number of rotatable bonds is 78. The zero-order chi connectivity index (χ0) is 63.5. The quantitative estimate of drug-likeness (QED) is 0.0320. The lowest BCUT2D eigenvalue weighted by Gasteiger charge is -2.22. The lowest BCUT2D eigenvalue weighted by Crippen LogP contribution is -2.45. The smallest absolute Gasteiger partial charge is 0.305 e. The third-order valence-electron chi connectivity index (χ3n) is 19.6. The molecule has 0 aromatic heterocycles. The molecule has 0 radical (unpaired) electrons. The van der Waals surface area contributed by atoms with Gasteiger partial charge in [0.15, 0.2) is 0 Å². The van der Waals surface area contributed by atoms with Crippen LogP contribution in [0.4, 0.5) is 0 Å². The highest BCUT2D eigenvalue weighted by Crippen LogP contribution is 2.21. The molecule has 0 heterocycles. The third-order valence-corrected chi connectivity index (χ3v) is 19.6. The number of unbranched alkanes of at least 4 members (excludes halogenated alkanes) is 65. The average Bonchev–Trinajstić information content (AvgIpc) is 3.58. The summed E-state index contributed by atoms with van der Waals surface area (Å²) >= 11 is 0. The number of aliphatic hydroxyl groups excluding tert-OH is 2. The normalized spacial score (nSPS) is 12.5. The third kappa shape index (κ3) is 73.6. The zero-order valence-corrected chi connectivity index (χ0v) is 60.3. The first-order valence-electron chi connectivity index (χ1n) is 40.9. The van der Waals surface area contributed by atoms with Crippen LogP contribution in [-0.2, 0) is 14.3 Å². The van der Waals surface area contributed by atoms with Gasteiger partial charge in [0, 0.05) is 12.8 Å². The summed E-state index contributed by atoms with van der Waals surface area (Å²) in [5, 5.41) is 23.5. The molecule has 0 aliphatic carbocycles. The van der Waals surface area contributed by atoms with E-state index in [-0.39, 0.29) is 18.5 Å². The first-order chi connectivity index (χ1) is 43.5. The minimum atomic E-state index is -0.663. The van der Waals surface area contributed by atoms with Crippen LogP contribution in [0.2, 0.25) is 0 Å². The monoisotopic (exact) mass is 1240 g/mol. The van der Waals surface area contributed by atoms with Crippen molar-refractivity contribution in [3.63, 3.8) is 0 Å². The summed E-state index contributed by atoms with van der Waals surface area (Å²) < 4.78 is 5.51. The minimum absolute atomic E-state index is 0.0181. The van der Waals surface area contributed by atoms with E-state index in [1.54, 1.807) is 0 Å². The fraction of sp³-hybridized carbons (Fsp3) is 0.951. The van der Waals surface area contributed by atoms with Crippen molar-refractivity contribution in [1.82, 2.24) is 5.32 Å². The molecule has 0 saturated carbocycles. The molecule has 0 saturated heterocycles. The van der Waals surface area contributed by atoms with Gasteiger partial charge in [0.05, 0.1) is 25.4 Å². The molecule has 0 aliphatic heterocycles. The van der Waals surface area contributed by atoms with Gasteiger partial charge in [-0.3, -0.25) is 9.59 Å². The van der Waals surface area contributed by atoms with Crippen molar-refractivity contribution < 1.29 is 24.5 Å². The van der Waals surface area contributed by atoms with Crippen LogP contribution < -0.4 is 5.32 Å². The van der Waals surface area contributed by atoms with Gasteiger partial charge in [0.1, 0.15) is 0 Å². The lowest BCUT2D eigenvalue weighted by atomic mass is 10.0. The number of aliphatic hydroxyl groups is 2. The Morgan fingerprint density at radius 1 is 0.307 bits per heavy atom. The first-order valence-corrected chi connectivity index (χ1v) is 40.9. The molecule has 0 aliphatic rings. The minimum Gasteiger partial charge on any atom is -0.466 e. The Morgan fingerprint density at radius 3 is 0.807 bits per heavy atom. The Morgan fingerprint density at radius 2 is 0.534 bits per heavy atom. The number of esters is 1. The zero-order valence-electron chi connectivity index (χ0n) is 60.3. The van der Waals surface area contributed by atoms with Crippen LogP contribution in [0.15, 0.2) is 12.2 Å². The fourth-order valence-corrected chi connectivity index (χ4v) is 13.3. The summed E-state index contributed by atoms with van der Waals surface area (Å²) in [6.45, 7) is 5.01. The van der Waals surface area contributed by atoms with Gasteiger partial charge in [-0.25, -0.2) is 0 Å². The molecule has 0 fully saturated rings. The molecule has 6 heteroatoms. The molecule has 6 nitrogen and oxygen atoms in total. The van der Waals surface area contributed by atoms with Crippen LogP contribution in [0.25, 0.3) is 0 Å². The van der Waals surface area contributed by atoms with Crippen LogP contribution in [0.5, 0.6) is 0 Å². The van der Waals surface area contributed by atoms with Gasteiger partial charge in [0.25, 0.3) is 0 Å². The van der Waals surface area contributed by atoms with E-state index in [2.05, 4.69) is 31.3 Å². The molecule has 88 heavy (non-hydrogen) atoms. The van der Waals surface area contributed by atoms with Crippen molar-refractivity contribution in [2.24, 2.45) is 0 Å². The number of hydrogen-bond acceptors (Lipinski definition) is 5. The molecule has 0 rings (SSSR count). The molecule has 2 unspecified atom stereocenters. The molecule has 0 aromatic carbocycles. The number of amides is 1. The molecule has 0 spiro atoms. The molecule has 0 bridgehead atoms. The Balaban J connectivity index is 3.33. The molecular formula is C82H161NO5. The average molecular weight is 1240 g/mol. The van der Waals surface area contributed by atoms with Gasteiger partial charge in [-0.15, -0.1) is 0 Å². The predicted octanol–water partition coefficient (Wildman–Crippen LogP) is 27.1. The second-order valence-electron chi connectivity index (χ2n) is 28.5. The first kappa shape index (κ1) is 86.6. The van der Waals surface area contributed by atoms with E-state index in [1.165, 1.54) is 398 Å². The lowest BCUT2D eigenvalue weighted by molar-refractivity contribution is -0.143. The van der Waals surface area contributed by atoms with Gasteiger partial charge in [-0.2, -0.15) is 0 Å². The maximum absolute atomic E-state index is 12.6. The molecule has 524 valence electrons. The number of ether oxygens (including phenoxy) is 1. The molecular weight excluding hydrogens is 1080 g/mol. The van der Waals surface area contributed by atoms with Crippen molar-refractivity contribution in [3.05, 3.63) is 12.2 Å². The van der Waals surface area contributed by atoms with E-state index >= 15 is 0 Å².